The van der Waals surface area contributed by atoms with Crippen LogP contribution in [0.2, 0.25) is 5.02 Å². The summed E-state index contributed by atoms with van der Waals surface area (Å²) in [6, 6.07) is 20.8. The first kappa shape index (κ1) is 22.7. The highest BCUT2D eigenvalue weighted by Gasteiger charge is 2.12. The highest BCUT2D eigenvalue weighted by Crippen LogP contribution is 2.37. The minimum absolute atomic E-state index is 0.362. The molecule has 0 unspecified atom stereocenters. The van der Waals surface area contributed by atoms with Crippen LogP contribution in [0.3, 0.4) is 0 Å². The number of ether oxygens (including phenoxy) is 2. The van der Waals surface area contributed by atoms with Gasteiger partial charge in [0.1, 0.15) is 6.61 Å². The number of nitrogens with zero attached hydrogens (tertiary/aromatic N) is 2. The molecule has 1 N–H and O–H groups in total. The number of nitriles is 1. The van der Waals surface area contributed by atoms with E-state index in [1.807, 2.05) is 55.5 Å². The first-order valence-electron chi connectivity index (χ1n) is 9.67. The lowest BCUT2D eigenvalue weighted by Crippen LogP contribution is -2.06. The van der Waals surface area contributed by atoms with E-state index in [9.17, 15) is 0 Å². The zero-order valence-electron chi connectivity index (χ0n) is 16.9. The van der Waals surface area contributed by atoms with Crippen LogP contribution >= 0.6 is 27.5 Å². The largest absolute Gasteiger partial charge is 0.490 e. The standard InChI is InChI=1S/C24H21BrClN3O2/c1-2-30-23-12-20(15-29-28-14-18-7-9-21(26)10-8-18)11-22(25)24(23)31-16-19-5-3-17(13-27)4-6-19/h3-12,15,28H,2,14,16H2,1H3/b29-15-. The van der Waals surface area contributed by atoms with Gasteiger partial charge < -0.3 is 14.9 Å². The van der Waals surface area contributed by atoms with Crippen LogP contribution in [0.5, 0.6) is 11.5 Å². The van der Waals surface area contributed by atoms with Gasteiger partial charge in [0.25, 0.3) is 0 Å². The van der Waals surface area contributed by atoms with Crippen molar-refractivity contribution < 1.29 is 9.47 Å². The molecular weight excluding hydrogens is 478 g/mol. The van der Waals surface area contributed by atoms with Gasteiger partial charge in [-0.3, -0.25) is 0 Å². The van der Waals surface area contributed by atoms with Crippen molar-refractivity contribution in [1.82, 2.24) is 5.43 Å². The van der Waals surface area contributed by atoms with Gasteiger partial charge in [0.2, 0.25) is 0 Å². The Morgan fingerprint density at radius 1 is 1.06 bits per heavy atom. The first-order valence-corrected chi connectivity index (χ1v) is 10.8. The molecule has 0 spiro atoms. The summed E-state index contributed by atoms with van der Waals surface area (Å²) in [6.07, 6.45) is 1.73. The molecule has 0 fully saturated rings. The summed E-state index contributed by atoms with van der Waals surface area (Å²) in [6.45, 7) is 3.39. The van der Waals surface area contributed by atoms with Crippen LogP contribution in [-0.2, 0) is 13.2 Å². The lowest BCUT2D eigenvalue weighted by Gasteiger charge is -2.14. The van der Waals surface area contributed by atoms with E-state index in [4.69, 9.17) is 26.3 Å². The average Bonchev–Trinajstić information content (AvgIpc) is 2.78. The smallest absolute Gasteiger partial charge is 0.175 e. The van der Waals surface area contributed by atoms with Gasteiger partial charge in [-0.05, 0) is 75.9 Å². The summed E-state index contributed by atoms with van der Waals surface area (Å²) in [7, 11) is 0. The number of hydrazone groups is 1. The molecule has 0 saturated heterocycles. The lowest BCUT2D eigenvalue weighted by molar-refractivity contribution is 0.267. The Labute approximate surface area is 195 Å². The van der Waals surface area contributed by atoms with Crippen molar-refractivity contribution in [3.8, 4) is 17.6 Å². The molecule has 31 heavy (non-hydrogen) atoms. The van der Waals surface area contributed by atoms with Crippen LogP contribution in [0.15, 0.2) is 70.2 Å². The van der Waals surface area contributed by atoms with Crippen LogP contribution in [-0.4, -0.2) is 12.8 Å². The van der Waals surface area contributed by atoms with E-state index in [-0.39, 0.29) is 0 Å². The molecule has 0 aliphatic heterocycles. The zero-order chi connectivity index (χ0) is 22.1. The maximum atomic E-state index is 8.92. The Morgan fingerprint density at radius 2 is 1.77 bits per heavy atom. The normalized spacial score (nSPS) is 10.6. The highest BCUT2D eigenvalue weighted by molar-refractivity contribution is 9.10. The number of benzene rings is 3. The van der Waals surface area contributed by atoms with Gasteiger partial charge in [0.15, 0.2) is 11.5 Å². The molecule has 0 heterocycles. The SMILES string of the molecule is CCOc1cc(/C=N\NCc2ccc(Cl)cc2)cc(Br)c1OCc1ccc(C#N)cc1. The topological polar surface area (TPSA) is 66.6 Å². The third kappa shape index (κ3) is 6.74. The van der Waals surface area contributed by atoms with Crippen molar-refractivity contribution in [3.63, 3.8) is 0 Å². The number of rotatable bonds is 9. The van der Waals surface area contributed by atoms with E-state index < -0.39 is 0 Å². The fourth-order valence-electron chi connectivity index (χ4n) is 2.76. The zero-order valence-corrected chi connectivity index (χ0v) is 19.3. The van der Waals surface area contributed by atoms with E-state index in [2.05, 4.69) is 32.5 Å². The second kappa shape index (κ2) is 11.4. The van der Waals surface area contributed by atoms with Gasteiger partial charge in [-0.15, -0.1) is 0 Å². The molecule has 0 aromatic heterocycles. The third-order valence-corrected chi connectivity index (χ3v) is 5.14. The number of halogens is 2. The summed E-state index contributed by atoms with van der Waals surface area (Å²) in [5, 5.41) is 13.9. The molecule has 0 aliphatic carbocycles. The molecule has 5 nitrogen and oxygen atoms in total. The Bertz CT molecular complexity index is 1080. The van der Waals surface area contributed by atoms with E-state index in [0.717, 1.165) is 21.2 Å². The van der Waals surface area contributed by atoms with Crippen molar-refractivity contribution in [2.24, 2.45) is 5.10 Å². The van der Waals surface area contributed by atoms with Crippen molar-refractivity contribution in [1.29, 1.82) is 5.26 Å². The van der Waals surface area contributed by atoms with E-state index in [1.54, 1.807) is 18.3 Å². The van der Waals surface area contributed by atoms with E-state index in [0.29, 0.717) is 41.8 Å². The lowest BCUT2D eigenvalue weighted by atomic mass is 10.1. The Balaban J connectivity index is 1.67. The molecule has 0 radical (unpaired) electrons. The van der Waals surface area contributed by atoms with Crippen LogP contribution in [0.25, 0.3) is 0 Å². The Morgan fingerprint density at radius 3 is 2.45 bits per heavy atom. The van der Waals surface area contributed by atoms with Gasteiger partial charge in [0.05, 0.1) is 35.5 Å². The van der Waals surface area contributed by atoms with Crippen LogP contribution in [0.1, 0.15) is 29.2 Å². The molecule has 158 valence electrons. The van der Waals surface area contributed by atoms with Gasteiger partial charge in [-0.25, -0.2) is 0 Å². The minimum atomic E-state index is 0.362. The molecule has 3 aromatic carbocycles. The number of nitrogens with one attached hydrogen (secondary N) is 1. The molecule has 0 atom stereocenters. The second-order valence-electron chi connectivity index (χ2n) is 6.58. The molecule has 0 aliphatic rings. The molecule has 3 rings (SSSR count). The maximum Gasteiger partial charge on any atom is 0.175 e. The van der Waals surface area contributed by atoms with Crippen molar-refractivity contribution in [2.75, 3.05) is 6.61 Å². The van der Waals surface area contributed by atoms with Gasteiger partial charge in [-0.1, -0.05) is 35.9 Å². The fourth-order valence-corrected chi connectivity index (χ4v) is 3.46. The molecule has 0 saturated carbocycles. The summed E-state index contributed by atoms with van der Waals surface area (Å²) in [5.41, 5.74) is 6.56. The monoisotopic (exact) mass is 497 g/mol. The third-order valence-electron chi connectivity index (χ3n) is 4.30. The van der Waals surface area contributed by atoms with Crippen LogP contribution < -0.4 is 14.9 Å². The molecule has 3 aromatic rings. The van der Waals surface area contributed by atoms with E-state index >= 15 is 0 Å². The minimum Gasteiger partial charge on any atom is -0.490 e. The molecule has 0 amide bonds. The van der Waals surface area contributed by atoms with Crippen molar-refractivity contribution in [2.45, 2.75) is 20.1 Å². The Hall–Kier alpha value is -3.01. The summed E-state index contributed by atoms with van der Waals surface area (Å²) >= 11 is 9.48. The Kier molecular flexibility index (Phi) is 8.34. The maximum absolute atomic E-state index is 8.92. The quantitative estimate of drug-likeness (QED) is 0.287. The van der Waals surface area contributed by atoms with Gasteiger partial charge in [0, 0.05) is 5.02 Å². The second-order valence-corrected chi connectivity index (χ2v) is 7.87. The highest BCUT2D eigenvalue weighted by atomic mass is 79.9. The number of hydrogen-bond acceptors (Lipinski definition) is 5. The first-order chi connectivity index (χ1) is 15.1. The number of hydrogen-bond donors (Lipinski definition) is 1. The average molecular weight is 499 g/mol. The predicted octanol–water partition coefficient (Wildman–Crippen LogP) is 6.08. The van der Waals surface area contributed by atoms with Crippen molar-refractivity contribution >= 4 is 33.7 Å². The van der Waals surface area contributed by atoms with Crippen molar-refractivity contribution in [3.05, 3.63) is 92.4 Å². The van der Waals surface area contributed by atoms with Crippen LogP contribution in [0, 0.1) is 11.3 Å². The molecule has 0 bridgehead atoms. The predicted molar refractivity (Wildman–Crippen MR) is 127 cm³/mol. The fraction of sp³-hybridized carbons (Fsp3) is 0.167. The van der Waals surface area contributed by atoms with Gasteiger partial charge in [-0.2, -0.15) is 10.4 Å². The molecular formula is C24H21BrClN3O2. The van der Waals surface area contributed by atoms with Crippen LogP contribution in [0.4, 0.5) is 0 Å². The van der Waals surface area contributed by atoms with Gasteiger partial charge >= 0.3 is 0 Å². The summed E-state index contributed by atoms with van der Waals surface area (Å²) in [4.78, 5) is 0. The molecule has 7 heteroatoms. The summed E-state index contributed by atoms with van der Waals surface area (Å²) in [5.74, 6) is 1.25. The summed E-state index contributed by atoms with van der Waals surface area (Å²) < 4.78 is 12.5. The van der Waals surface area contributed by atoms with E-state index in [1.165, 1.54) is 0 Å².